The SMILES string of the molecule is CC(C)n1nc(-c2ccc(F)c(F)c2)nc1C1CCCN(CC(N)=O)C1. The number of amides is 1. The third-order valence-corrected chi connectivity index (χ3v) is 4.57. The molecular formula is C18H23F2N5O. The number of carbonyl (C=O) groups excluding carboxylic acids is 1. The normalized spacial score (nSPS) is 18.4. The zero-order chi connectivity index (χ0) is 18.8. The van der Waals surface area contributed by atoms with Crippen molar-refractivity contribution in [2.75, 3.05) is 19.6 Å². The number of nitrogens with zero attached hydrogens (tertiary/aromatic N) is 4. The van der Waals surface area contributed by atoms with Crippen LogP contribution >= 0.6 is 0 Å². The standard InChI is InChI=1S/C18H23F2N5O/c1-11(2)25-18(13-4-3-7-24(9-13)10-16(21)26)22-17(23-25)12-5-6-14(19)15(20)8-12/h5-6,8,11,13H,3-4,7,9-10H2,1-2H3,(H2,21,26). The molecule has 140 valence electrons. The van der Waals surface area contributed by atoms with E-state index in [2.05, 4.69) is 10.1 Å². The number of aromatic nitrogens is 3. The van der Waals surface area contributed by atoms with Crippen LogP contribution < -0.4 is 5.73 Å². The second-order valence-electron chi connectivity index (χ2n) is 7.00. The van der Waals surface area contributed by atoms with E-state index in [0.717, 1.165) is 37.3 Å². The van der Waals surface area contributed by atoms with Crippen molar-refractivity contribution in [1.29, 1.82) is 0 Å². The van der Waals surface area contributed by atoms with Gasteiger partial charge in [0.25, 0.3) is 0 Å². The summed E-state index contributed by atoms with van der Waals surface area (Å²) in [5.41, 5.74) is 5.75. The minimum absolute atomic E-state index is 0.0723. The molecule has 2 heterocycles. The van der Waals surface area contributed by atoms with Crippen molar-refractivity contribution < 1.29 is 13.6 Å². The molecule has 1 unspecified atom stereocenters. The van der Waals surface area contributed by atoms with Crippen LogP contribution in [0.25, 0.3) is 11.4 Å². The van der Waals surface area contributed by atoms with Crippen LogP contribution in [0, 0.1) is 11.6 Å². The molecule has 0 aliphatic carbocycles. The zero-order valence-electron chi connectivity index (χ0n) is 15.0. The Bertz CT molecular complexity index is 805. The van der Waals surface area contributed by atoms with Crippen LogP contribution in [-0.4, -0.2) is 45.2 Å². The molecule has 1 saturated heterocycles. The van der Waals surface area contributed by atoms with Gasteiger partial charge >= 0.3 is 0 Å². The molecule has 1 amide bonds. The molecule has 1 aromatic carbocycles. The van der Waals surface area contributed by atoms with Crippen molar-refractivity contribution in [2.24, 2.45) is 5.73 Å². The van der Waals surface area contributed by atoms with Gasteiger partial charge in [-0.15, -0.1) is 0 Å². The molecule has 8 heteroatoms. The van der Waals surface area contributed by atoms with Gasteiger partial charge in [-0.05, 0) is 51.4 Å². The first-order valence-corrected chi connectivity index (χ1v) is 8.77. The summed E-state index contributed by atoms with van der Waals surface area (Å²) < 4.78 is 28.6. The zero-order valence-corrected chi connectivity index (χ0v) is 15.0. The maximum absolute atomic E-state index is 13.6. The van der Waals surface area contributed by atoms with E-state index < -0.39 is 11.6 Å². The predicted molar refractivity (Wildman–Crippen MR) is 93.4 cm³/mol. The second kappa shape index (κ2) is 7.49. The molecular weight excluding hydrogens is 340 g/mol. The number of likely N-dealkylation sites (tertiary alicyclic amines) is 1. The van der Waals surface area contributed by atoms with E-state index in [0.29, 0.717) is 17.9 Å². The lowest BCUT2D eigenvalue weighted by atomic mass is 9.97. The highest BCUT2D eigenvalue weighted by Crippen LogP contribution is 2.29. The van der Waals surface area contributed by atoms with Crippen LogP contribution in [0.15, 0.2) is 18.2 Å². The van der Waals surface area contributed by atoms with Gasteiger partial charge in [-0.25, -0.2) is 18.4 Å². The number of rotatable bonds is 5. The first-order valence-electron chi connectivity index (χ1n) is 8.77. The van der Waals surface area contributed by atoms with Gasteiger partial charge in [-0.1, -0.05) is 0 Å². The summed E-state index contributed by atoms with van der Waals surface area (Å²) >= 11 is 0. The number of benzene rings is 1. The molecule has 1 fully saturated rings. The summed E-state index contributed by atoms with van der Waals surface area (Å²) in [4.78, 5) is 17.9. The first kappa shape index (κ1) is 18.4. The van der Waals surface area contributed by atoms with Crippen molar-refractivity contribution >= 4 is 5.91 Å². The topological polar surface area (TPSA) is 77.0 Å². The van der Waals surface area contributed by atoms with Crippen molar-refractivity contribution in [3.05, 3.63) is 35.7 Å². The second-order valence-corrected chi connectivity index (χ2v) is 7.00. The summed E-state index contributed by atoms with van der Waals surface area (Å²) in [6.07, 6.45) is 1.86. The summed E-state index contributed by atoms with van der Waals surface area (Å²) in [5.74, 6) is -0.883. The Morgan fingerprint density at radius 3 is 2.77 bits per heavy atom. The maximum Gasteiger partial charge on any atom is 0.231 e. The van der Waals surface area contributed by atoms with E-state index >= 15 is 0 Å². The van der Waals surface area contributed by atoms with Crippen molar-refractivity contribution in [1.82, 2.24) is 19.7 Å². The lowest BCUT2D eigenvalue weighted by molar-refractivity contribution is -0.119. The van der Waals surface area contributed by atoms with Crippen molar-refractivity contribution in [3.63, 3.8) is 0 Å². The highest BCUT2D eigenvalue weighted by atomic mass is 19.2. The van der Waals surface area contributed by atoms with E-state index in [4.69, 9.17) is 5.73 Å². The van der Waals surface area contributed by atoms with E-state index in [1.807, 2.05) is 23.4 Å². The van der Waals surface area contributed by atoms with E-state index in [1.165, 1.54) is 6.07 Å². The van der Waals surface area contributed by atoms with E-state index in [-0.39, 0.29) is 24.4 Å². The molecule has 2 N–H and O–H groups in total. The van der Waals surface area contributed by atoms with Gasteiger partial charge in [0.05, 0.1) is 6.54 Å². The predicted octanol–water partition coefficient (Wildman–Crippen LogP) is 2.47. The van der Waals surface area contributed by atoms with Crippen molar-refractivity contribution in [2.45, 2.75) is 38.6 Å². The number of halogens is 2. The average molecular weight is 363 g/mol. The van der Waals surface area contributed by atoms with E-state index in [9.17, 15) is 13.6 Å². The van der Waals surface area contributed by atoms with Crippen LogP contribution in [0.5, 0.6) is 0 Å². The van der Waals surface area contributed by atoms with Crippen LogP contribution in [0.4, 0.5) is 8.78 Å². The number of hydrogen-bond acceptors (Lipinski definition) is 4. The first-order chi connectivity index (χ1) is 12.3. The molecule has 0 spiro atoms. The molecule has 26 heavy (non-hydrogen) atoms. The van der Waals surface area contributed by atoms with Gasteiger partial charge in [0, 0.05) is 24.1 Å². The van der Waals surface area contributed by atoms with Crippen LogP contribution in [0.1, 0.15) is 44.5 Å². The molecule has 2 aromatic rings. The minimum atomic E-state index is -0.921. The number of piperidine rings is 1. The van der Waals surface area contributed by atoms with Gasteiger partial charge < -0.3 is 5.73 Å². The lowest BCUT2D eigenvalue weighted by Gasteiger charge is -2.31. The summed E-state index contributed by atoms with van der Waals surface area (Å²) in [6, 6.07) is 3.74. The van der Waals surface area contributed by atoms with Gasteiger partial charge in [0.2, 0.25) is 5.91 Å². The molecule has 1 aliphatic rings. The van der Waals surface area contributed by atoms with Gasteiger partial charge in [-0.2, -0.15) is 5.10 Å². The number of nitrogens with two attached hydrogens (primary N) is 1. The van der Waals surface area contributed by atoms with Crippen LogP contribution in [-0.2, 0) is 4.79 Å². The molecule has 6 nitrogen and oxygen atoms in total. The molecule has 1 aliphatic heterocycles. The quantitative estimate of drug-likeness (QED) is 0.885. The highest BCUT2D eigenvalue weighted by molar-refractivity contribution is 5.75. The highest BCUT2D eigenvalue weighted by Gasteiger charge is 2.28. The Kier molecular flexibility index (Phi) is 5.31. The summed E-state index contributed by atoms with van der Waals surface area (Å²) in [6.45, 7) is 5.72. The van der Waals surface area contributed by atoms with Gasteiger partial charge in [0.15, 0.2) is 17.5 Å². The fourth-order valence-corrected chi connectivity index (χ4v) is 3.38. The number of carbonyl (C=O) groups is 1. The fourth-order valence-electron chi connectivity index (χ4n) is 3.38. The molecule has 0 radical (unpaired) electrons. The Balaban J connectivity index is 1.92. The van der Waals surface area contributed by atoms with Crippen LogP contribution in [0.3, 0.4) is 0 Å². The average Bonchev–Trinajstić information content (AvgIpc) is 3.02. The maximum atomic E-state index is 13.6. The minimum Gasteiger partial charge on any atom is -0.369 e. The Hall–Kier alpha value is -2.35. The number of hydrogen-bond donors (Lipinski definition) is 1. The summed E-state index contributed by atoms with van der Waals surface area (Å²) in [7, 11) is 0. The Labute approximate surface area is 151 Å². The molecule has 3 rings (SSSR count). The van der Waals surface area contributed by atoms with E-state index in [1.54, 1.807) is 0 Å². The molecule has 0 bridgehead atoms. The fraction of sp³-hybridized carbons (Fsp3) is 0.500. The monoisotopic (exact) mass is 363 g/mol. The summed E-state index contributed by atoms with van der Waals surface area (Å²) in [5, 5.41) is 4.52. The lowest BCUT2D eigenvalue weighted by Crippen LogP contribution is -2.40. The molecule has 1 atom stereocenters. The molecule has 1 aromatic heterocycles. The van der Waals surface area contributed by atoms with Crippen LogP contribution in [0.2, 0.25) is 0 Å². The third-order valence-electron chi connectivity index (χ3n) is 4.57. The van der Waals surface area contributed by atoms with Crippen molar-refractivity contribution in [3.8, 4) is 11.4 Å². The Morgan fingerprint density at radius 1 is 1.35 bits per heavy atom. The Morgan fingerprint density at radius 2 is 2.12 bits per heavy atom. The smallest absolute Gasteiger partial charge is 0.231 e. The molecule has 0 saturated carbocycles. The largest absolute Gasteiger partial charge is 0.369 e. The third kappa shape index (κ3) is 3.90. The van der Waals surface area contributed by atoms with Gasteiger partial charge in [-0.3, -0.25) is 9.69 Å². The van der Waals surface area contributed by atoms with Gasteiger partial charge in [0.1, 0.15) is 5.82 Å². The number of primary amides is 1.